The molecule has 8 heteroatoms. The number of hydrogen-bond acceptors (Lipinski definition) is 4. The lowest BCUT2D eigenvalue weighted by Gasteiger charge is -2.15. The minimum Gasteiger partial charge on any atom is -0.349 e. The fourth-order valence-corrected chi connectivity index (χ4v) is 3.62. The number of sulfonamides is 1. The topological polar surface area (TPSA) is 111 Å². The van der Waals surface area contributed by atoms with Crippen LogP contribution in [0.15, 0.2) is 64.3 Å². The minimum atomic E-state index is -3.74. The summed E-state index contributed by atoms with van der Waals surface area (Å²) >= 11 is 0. The van der Waals surface area contributed by atoms with E-state index in [1.807, 2.05) is 31.2 Å². The Morgan fingerprint density at radius 2 is 1.79 bits per heavy atom. The van der Waals surface area contributed by atoms with Crippen LogP contribution in [0.5, 0.6) is 0 Å². The van der Waals surface area contributed by atoms with Gasteiger partial charge in [0, 0.05) is 13.1 Å². The maximum atomic E-state index is 12.6. The van der Waals surface area contributed by atoms with E-state index >= 15 is 0 Å². The van der Waals surface area contributed by atoms with Crippen molar-refractivity contribution in [2.75, 3.05) is 0 Å². The second-order valence-corrected chi connectivity index (χ2v) is 8.31. The van der Waals surface area contributed by atoms with Gasteiger partial charge in [0.25, 0.3) is 11.5 Å². The summed E-state index contributed by atoms with van der Waals surface area (Å²) in [5.41, 5.74) is 1.32. The average molecular weight is 399 g/mol. The molecule has 0 aliphatic carbocycles. The number of hydrogen-bond donors (Lipinski definition) is 2. The van der Waals surface area contributed by atoms with E-state index in [2.05, 4.69) is 5.32 Å². The van der Waals surface area contributed by atoms with Crippen molar-refractivity contribution in [3.05, 3.63) is 76.1 Å². The van der Waals surface area contributed by atoms with Gasteiger partial charge in [-0.05, 0) is 48.6 Å². The number of fused-ring (bicyclic) bond motifs is 1. The number of nitrogens with one attached hydrogen (secondary N) is 1. The average Bonchev–Trinajstić information content (AvgIpc) is 2.64. The molecule has 0 saturated heterocycles. The maximum absolute atomic E-state index is 12.6. The molecule has 3 aromatic rings. The largest absolute Gasteiger partial charge is 0.349 e. The first-order valence-electron chi connectivity index (χ1n) is 8.68. The van der Waals surface area contributed by atoms with E-state index in [9.17, 15) is 18.0 Å². The number of rotatable bonds is 5. The Hall–Kier alpha value is -2.97. The zero-order valence-corrected chi connectivity index (χ0v) is 16.4. The van der Waals surface area contributed by atoms with E-state index in [0.717, 1.165) is 16.5 Å². The van der Waals surface area contributed by atoms with Crippen LogP contribution in [0.3, 0.4) is 0 Å². The van der Waals surface area contributed by atoms with Crippen LogP contribution in [0.2, 0.25) is 0 Å². The first-order chi connectivity index (χ1) is 13.2. The third kappa shape index (κ3) is 4.13. The van der Waals surface area contributed by atoms with Crippen molar-refractivity contribution < 1.29 is 13.2 Å². The van der Waals surface area contributed by atoms with Gasteiger partial charge in [0.05, 0.1) is 10.4 Å². The zero-order valence-electron chi connectivity index (χ0n) is 15.5. The Morgan fingerprint density at radius 1 is 1.14 bits per heavy atom. The highest BCUT2D eigenvalue weighted by Gasteiger charge is 2.16. The maximum Gasteiger partial charge on any atom is 0.263 e. The number of benzene rings is 2. The van der Waals surface area contributed by atoms with Crippen molar-refractivity contribution in [1.29, 1.82) is 0 Å². The van der Waals surface area contributed by atoms with Crippen LogP contribution in [0.4, 0.5) is 0 Å². The Morgan fingerprint density at radius 3 is 2.43 bits per heavy atom. The quantitative estimate of drug-likeness (QED) is 0.678. The lowest BCUT2D eigenvalue weighted by molar-refractivity contribution is 0.0938. The lowest BCUT2D eigenvalue weighted by atomic mass is 10.1. The summed E-state index contributed by atoms with van der Waals surface area (Å²) in [5, 5.41) is 8.72. The summed E-state index contributed by atoms with van der Waals surface area (Å²) in [4.78, 5) is 25.2. The molecule has 1 heterocycles. The first kappa shape index (κ1) is 19.8. The van der Waals surface area contributed by atoms with Gasteiger partial charge in [0.15, 0.2) is 0 Å². The van der Waals surface area contributed by atoms with Gasteiger partial charge in [-0.1, -0.05) is 30.3 Å². The molecule has 146 valence electrons. The molecule has 0 spiro atoms. The van der Waals surface area contributed by atoms with Crippen molar-refractivity contribution in [2.45, 2.75) is 24.3 Å². The van der Waals surface area contributed by atoms with Crippen LogP contribution >= 0.6 is 0 Å². The second-order valence-electron chi connectivity index (χ2n) is 6.75. The summed E-state index contributed by atoms with van der Waals surface area (Å²) in [6.45, 7) is 1.82. The number of primary sulfonamides is 1. The van der Waals surface area contributed by atoms with Crippen molar-refractivity contribution in [2.24, 2.45) is 12.2 Å². The molecule has 2 aromatic carbocycles. The Balaban J connectivity index is 1.77. The van der Waals surface area contributed by atoms with E-state index in [-0.39, 0.29) is 22.1 Å². The van der Waals surface area contributed by atoms with Gasteiger partial charge < -0.3 is 9.88 Å². The highest BCUT2D eigenvalue weighted by atomic mass is 32.2. The molecule has 1 atom stereocenters. The first-order valence-corrected chi connectivity index (χ1v) is 10.2. The van der Waals surface area contributed by atoms with Crippen molar-refractivity contribution in [1.82, 2.24) is 9.88 Å². The normalized spacial score (nSPS) is 12.7. The van der Waals surface area contributed by atoms with E-state index in [4.69, 9.17) is 5.14 Å². The number of amides is 1. The highest BCUT2D eigenvalue weighted by molar-refractivity contribution is 7.89. The summed E-state index contributed by atoms with van der Waals surface area (Å²) < 4.78 is 24.1. The molecule has 3 N–H and O–H groups in total. The molecule has 0 radical (unpaired) electrons. The number of para-hydroxylation sites is 1. The SMILES string of the molecule is CC(Cc1ccc(S(N)(=O)=O)cc1)NC(=O)c1cc2ccccc2n(C)c1=O. The Bertz CT molecular complexity index is 1200. The van der Waals surface area contributed by atoms with Crippen LogP contribution in [-0.4, -0.2) is 24.9 Å². The molecular formula is C20H21N3O4S. The monoisotopic (exact) mass is 399 g/mol. The predicted octanol–water partition coefficient (Wildman–Crippen LogP) is 1.55. The number of nitrogens with zero attached hydrogens (tertiary/aromatic N) is 1. The summed E-state index contributed by atoms with van der Waals surface area (Å²) in [6.07, 6.45) is 0.477. The molecule has 0 bridgehead atoms. The molecule has 28 heavy (non-hydrogen) atoms. The third-order valence-corrected chi connectivity index (χ3v) is 5.48. The van der Waals surface area contributed by atoms with Crippen molar-refractivity contribution in [3.8, 4) is 0 Å². The lowest BCUT2D eigenvalue weighted by Crippen LogP contribution is -2.38. The van der Waals surface area contributed by atoms with E-state index < -0.39 is 15.9 Å². The smallest absolute Gasteiger partial charge is 0.263 e. The number of carbonyl (C=O) groups is 1. The summed E-state index contributed by atoms with van der Waals surface area (Å²) in [7, 11) is -2.10. The summed E-state index contributed by atoms with van der Waals surface area (Å²) in [6, 6.07) is 14.9. The van der Waals surface area contributed by atoms with Gasteiger partial charge in [-0.3, -0.25) is 9.59 Å². The molecule has 0 fully saturated rings. The Kier molecular flexibility index (Phi) is 5.35. The molecule has 3 rings (SSSR count). The van der Waals surface area contributed by atoms with Gasteiger partial charge >= 0.3 is 0 Å². The number of aromatic nitrogens is 1. The number of carbonyl (C=O) groups excluding carboxylic acids is 1. The van der Waals surface area contributed by atoms with Crippen LogP contribution in [-0.2, 0) is 23.5 Å². The Labute approximate surface area is 162 Å². The van der Waals surface area contributed by atoms with Crippen LogP contribution in [0.25, 0.3) is 10.9 Å². The fraction of sp³-hybridized carbons (Fsp3) is 0.200. The van der Waals surface area contributed by atoms with Gasteiger partial charge in [-0.2, -0.15) is 0 Å². The zero-order chi connectivity index (χ0) is 20.5. The van der Waals surface area contributed by atoms with E-state index in [1.165, 1.54) is 16.7 Å². The number of pyridine rings is 1. The number of nitrogens with two attached hydrogens (primary N) is 1. The van der Waals surface area contributed by atoms with Crippen LogP contribution in [0.1, 0.15) is 22.8 Å². The van der Waals surface area contributed by atoms with Gasteiger partial charge in [0.1, 0.15) is 5.56 Å². The molecule has 1 aromatic heterocycles. The molecule has 0 aliphatic rings. The molecular weight excluding hydrogens is 378 g/mol. The van der Waals surface area contributed by atoms with Gasteiger partial charge in [-0.25, -0.2) is 13.6 Å². The van der Waals surface area contributed by atoms with Crippen molar-refractivity contribution >= 4 is 26.8 Å². The fourth-order valence-electron chi connectivity index (χ4n) is 3.11. The highest BCUT2D eigenvalue weighted by Crippen LogP contribution is 2.13. The molecule has 1 unspecified atom stereocenters. The minimum absolute atomic E-state index is 0.0348. The second kappa shape index (κ2) is 7.57. The van der Waals surface area contributed by atoms with Gasteiger partial charge in [0.2, 0.25) is 10.0 Å². The molecule has 0 aliphatic heterocycles. The van der Waals surface area contributed by atoms with E-state index in [0.29, 0.717) is 6.42 Å². The van der Waals surface area contributed by atoms with E-state index in [1.54, 1.807) is 25.2 Å². The third-order valence-electron chi connectivity index (χ3n) is 4.55. The van der Waals surface area contributed by atoms with Crippen LogP contribution < -0.4 is 16.0 Å². The van der Waals surface area contributed by atoms with Crippen LogP contribution in [0, 0.1) is 0 Å². The molecule has 7 nitrogen and oxygen atoms in total. The molecule has 0 saturated carbocycles. The summed E-state index contributed by atoms with van der Waals surface area (Å²) in [5.74, 6) is -0.444. The van der Waals surface area contributed by atoms with Gasteiger partial charge in [-0.15, -0.1) is 0 Å². The molecule has 1 amide bonds. The number of aryl methyl sites for hydroxylation is 1. The standard InChI is InChI=1S/C20H21N3O4S/c1-13(11-14-7-9-16(10-8-14)28(21,26)27)22-19(24)17-12-15-5-3-4-6-18(15)23(2)20(17)25/h3-10,12-13H,11H2,1-2H3,(H,22,24)(H2,21,26,27). The van der Waals surface area contributed by atoms with Crippen molar-refractivity contribution in [3.63, 3.8) is 0 Å². The predicted molar refractivity (Wildman–Crippen MR) is 108 cm³/mol.